The van der Waals surface area contributed by atoms with Crippen LogP contribution < -0.4 is 5.32 Å². The van der Waals surface area contributed by atoms with Crippen molar-refractivity contribution in [2.24, 2.45) is 0 Å². The van der Waals surface area contributed by atoms with Crippen LogP contribution >= 0.6 is 0 Å². The Labute approximate surface area is 129 Å². The number of hydrogen-bond acceptors (Lipinski definition) is 4. The smallest absolute Gasteiger partial charge is 0.181 e. The fraction of sp³-hybridized carbons (Fsp3) is 0.294. The fourth-order valence-corrected chi connectivity index (χ4v) is 2.44. The Morgan fingerprint density at radius 3 is 2.86 bits per heavy atom. The van der Waals surface area contributed by atoms with E-state index in [0.29, 0.717) is 0 Å². The lowest BCUT2D eigenvalue weighted by Crippen LogP contribution is -2.15. The summed E-state index contributed by atoms with van der Waals surface area (Å²) in [5.41, 5.74) is 4.34. The Bertz CT molecular complexity index is 738. The van der Waals surface area contributed by atoms with Gasteiger partial charge in [-0.3, -0.25) is 5.10 Å². The minimum atomic E-state index is 0.0265. The molecule has 0 saturated carbocycles. The molecule has 0 atom stereocenters. The van der Waals surface area contributed by atoms with Gasteiger partial charge < -0.3 is 9.73 Å². The number of rotatable bonds is 4. The van der Waals surface area contributed by atoms with Gasteiger partial charge in [-0.2, -0.15) is 5.10 Å². The van der Waals surface area contributed by atoms with E-state index in [9.17, 15) is 0 Å². The number of aromatic amines is 1. The molecule has 22 heavy (non-hydrogen) atoms. The standard InChI is InChI=1S/C17H20N4O/c1-17(2,3)16-13(9-20-21-16)8-19-14-6-4-5-12(7-14)15-10-18-11-22-15/h4-7,9-11,19H,8H2,1-3H3,(H,20,21). The van der Waals surface area contributed by atoms with Gasteiger partial charge in [0.25, 0.3) is 0 Å². The summed E-state index contributed by atoms with van der Waals surface area (Å²) < 4.78 is 5.33. The van der Waals surface area contributed by atoms with Crippen molar-refractivity contribution in [2.75, 3.05) is 5.32 Å². The molecule has 0 unspecified atom stereocenters. The minimum absolute atomic E-state index is 0.0265. The fourth-order valence-electron chi connectivity index (χ4n) is 2.44. The third kappa shape index (κ3) is 3.03. The molecule has 0 aliphatic heterocycles. The van der Waals surface area contributed by atoms with E-state index in [0.717, 1.165) is 29.2 Å². The Hall–Kier alpha value is -2.56. The summed E-state index contributed by atoms with van der Waals surface area (Å²) in [5, 5.41) is 10.8. The molecule has 0 aliphatic rings. The van der Waals surface area contributed by atoms with Crippen LogP contribution in [-0.4, -0.2) is 15.2 Å². The van der Waals surface area contributed by atoms with Crippen molar-refractivity contribution in [2.45, 2.75) is 32.7 Å². The molecule has 0 spiro atoms. The average Bonchev–Trinajstić information content (AvgIpc) is 3.16. The van der Waals surface area contributed by atoms with E-state index >= 15 is 0 Å². The molecule has 0 fully saturated rings. The first-order chi connectivity index (χ1) is 10.5. The van der Waals surface area contributed by atoms with Crippen LogP contribution in [0.2, 0.25) is 0 Å². The summed E-state index contributed by atoms with van der Waals surface area (Å²) in [7, 11) is 0. The molecule has 2 N–H and O–H groups in total. The summed E-state index contributed by atoms with van der Waals surface area (Å²) >= 11 is 0. The number of nitrogens with one attached hydrogen (secondary N) is 2. The van der Waals surface area contributed by atoms with Crippen molar-refractivity contribution >= 4 is 5.69 Å². The van der Waals surface area contributed by atoms with Crippen molar-refractivity contribution in [3.8, 4) is 11.3 Å². The normalized spacial score (nSPS) is 11.6. The maximum atomic E-state index is 5.33. The molecular weight excluding hydrogens is 276 g/mol. The Balaban J connectivity index is 1.75. The zero-order valence-corrected chi connectivity index (χ0v) is 13.1. The van der Waals surface area contributed by atoms with Gasteiger partial charge in [0.1, 0.15) is 0 Å². The number of benzene rings is 1. The SMILES string of the molecule is CC(C)(C)c1n[nH]cc1CNc1cccc(-c2cnco2)c1. The van der Waals surface area contributed by atoms with E-state index in [4.69, 9.17) is 4.42 Å². The molecule has 2 heterocycles. The first-order valence-electron chi connectivity index (χ1n) is 7.30. The molecule has 0 radical (unpaired) electrons. The van der Waals surface area contributed by atoms with Crippen molar-refractivity contribution in [1.82, 2.24) is 15.2 Å². The highest BCUT2D eigenvalue weighted by molar-refractivity contribution is 5.63. The quantitative estimate of drug-likeness (QED) is 0.764. The Kier molecular flexibility index (Phi) is 3.71. The van der Waals surface area contributed by atoms with Gasteiger partial charge >= 0.3 is 0 Å². The van der Waals surface area contributed by atoms with Crippen LogP contribution in [0.4, 0.5) is 5.69 Å². The highest BCUT2D eigenvalue weighted by atomic mass is 16.3. The van der Waals surface area contributed by atoms with Gasteiger partial charge in [0.15, 0.2) is 12.2 Å². The second-order valence-electron chi connectivity index (χ2n) is 6.31. The second-order valence-corrected chi connectivity index (χ2v) is 6.31. The number of H-pyrrole nitrogens is 1. The highest BCUT2D eigenvalue weighted by Crippen LogP contribution is 2.25. The zero-order valence-electron chi connectivity index (χ0n) is 13.1. The molecule has 0 amide bonds. The van der Waals surface area contributed by atoms with Gasteiger partial charge in [-0.05, 0) is 12.1 Å². The van der Waals surface area contributed by atoms with Crippen LogP contribution in [0.15, 0.2) is 47.5 Å². The number of hydrogen-bond donors (Lipinski definition) is 2. The van der Waals surface area contributed by atoms with Crippen LogP contribution in [0.3, 0.4) is 0 Å². The van der Waals surface area contributed by atoms with Gasteiger partial charge in [0, 0.05) is 35.0 Å². The average molecular weight is 296 g/mol. The number of aromatic nitrogens is 3. The van der Waals surface area contributed by atoms with Crippen LogP contribution in [0.25, 0.3) is 11.3 Å². The molecule has 3 rings (SSSR count). The number of anilines is 1. The third-order valence-corrected chi connectivity index (χ3v) is 3.49. The Morgan fingerprint density at radius 1 is 1.27 bits per heavy atom. The molecule has 5 heteroatoms. The lowest BCUT2D eigenvalue weighted by molar-refractivity contribution is 0.561. The maximum absolute atomic E-state index is 5.33. The monoisotopic (exact) mass is 296 g/mol. The van der Waals surface area contributed by atoms with E-state index in [-0.39, 0.29) is 5.41 Å². The summed E-state index contributed by atoms with van der Waals surface area (Å²) in [5.74, 6) is 0.766. The Morgan fingerprint density at radius 2 is 2.14 bits per heavy atom. The van der Waals surface area contributed by atoms with Crippen LogP contribution in [0, 0.1) is 0 Å². The summed E-state index contributed by atoms with van der Waals surface area (Å²) in [6, 6.07) is 8.10. The molecular formula is C17H20N4O. The molecule has 2 aromatic heterocycles. The molecule has 0 saturated heterocycles. The van der Waals surface area contributed by atoms with Crippen LogP contribution in [-0.2, 0) is 12.0 Å². The van der Waals surface area contributed by atoms with E-state index in [1.165, 1.54) is 12.0 Å². The molecule has 3 aromatic rings. The summed E-state index contributed by atoms with van der Waals surface area (Å²) in [4.78, 5) is 3.95. The number of oxazole rings is 1. The first-order valence-corrected chi connectivity index (χ1v) is 7.30. The minimum Gasteiger partial charge on any atom is -0.444 e. The predicted octanol–water partition coefficient (Wildman–Crippen LogP) is 3.97. The van der Waals surface area contributed by atoms with Crippen LogP contribution in [0.5, 0.6) is 0 Å². The van der Waals surface area contributed by atoms with Crippen molar-refractivity contribution < 1.29 is 4.42 Å². The molecule has 0 bridgehead atoms. The van der Waals surface area contributed by atoms with Crippen LogP contribution in [0.1, 0.15) is 32.0 Å². The van der Waals surface area contributed by atoms with Gasteiger partial charge in [-0.25, -0.2) is 4.98 Å². The second kappa shape index (κ2) is 5.67. The van der Waals surface area contributed by atoms with Crippen molar-refractivity contribution in [3.05, 3.63) is 54.3 Å². The first kappa shape index (κ1) is 14.4. The molecule has 5 nitrogen and oxygen atoms in total. The summed E-state index contributed by atoms with van der Waals surface area (Å²) in [6.07, 6.45) is 5.11. The predicted molar refractivity (Wildman–Crippen MR) is 86.6 cm³/mol. The number of nitrogens with zero attached hydrogens (tertiary/aromatic N) is 2. The van der Waals surface area contributed by atoms with E-state index in [1.54, 1.807) is 6.20 Å². The van der Waals surface area contributed by atoms with E-state index in [2.05, 4.69) is 47.3 Å². The zero-order chi connectivity index (χ0) is 15.6. The summed E-state index contributed by atoms with van der Waals surface area (Å²) in [6.45, 7) is 7.22. The lowest BCUT2D eigenvalue weighted by atomic mass is 9.89. The third-order valence-electron chi connectivity index (χ3n) is 3.49. The molecule has 114 valence electrons. The molecule has 0 aliphatic carbocycles. The van der Waals surface area contributed by atoms with E-state index < -0.39 is 0 Å². The van der Waals surface area contributed by atoms with Gasteiger partial charge in [0.05, 0.1) is 11.9 Å². The molecule has 1 aromatic carbocycles. The van der Waals surface area contributed by atoms with Gasteiger partial charge in [-0.1, -0.05) is 32.9 Å². The van der Waals surface area contributed by atoms with Gasteiger partial charge in [0.2, 0.25) is 0 Å². The topological polar surface area (TPSA) is 66.7 Å². The van der Waals surface area contributed by atoms with Crippen molar-refractivity contribution in [3.63, 3.8) is 0 Å². The highest BCUT2D eigenvalue weighted by Gasteiger charge is 2.20. The van der Waals surface area contributed by atoms with Crippen molar-refractivity contribution in [1.29, 1.82) is 0 Å². The largest absolute Gasteiger partial charge is 0.444 e. The van der Waals surface area contributed by atoms with E-state index in [1.807, 2.05) is 24.4 Å². The lowest BCUT2D eigenvalue weighted by Gasteiger charge is -2.18. The maximum Gasteiger partial charge on any atom is 0.181 e. The van der Waals surface area contributed by atoms with Gasteiger partial charge in [-0.15, -0.1) is 0 Å².